The number of hydrogen-bond donors (Lipinski definition) is 1. The molecule has 0 saturated carbocycles. The highest BCUT2D eigenvalue weighted by atomic mass is 16.5. The Morgan fingerprint density at radius 3 is 2.57 bits per heavy atom. The fraction of sp³-hybridized carbons (Fsp3) is 0.900. The molecule has 0 aromatic heterocycles. The maximum absolute atomic E-state index is 11.7. The Balaban J connectivity index is 2.83. The minimum absolute atomic E-state index is 0.198. The molecular weight excluding hydrogens is 182 g/mol. The average Bonchev–Trinajstić information content (AvgIpc) is 2.14. The Morgan fingerprint density at radius 1 is 1.50 bits per heavy atom. The van der Waals surface area contributed by atoms with Crippen LogP contribution in [0.2, 0.25) is 0 Å². The quantitative estimate of drug-likeness (QED) is 0.668. The van der Waals surface area contributed by atoms with Gasteiger partial charge in [-0.1, -0.05) is 0 Å². The zero-order chi connectivity index (χ0) is 10.8. The molecule has 1 atom stereocenters. The Morgan fingerprint density at radius 2 is 2.14 bits per heavy atom. The van der Waals surface area contributed by atoms with Crippen molar-refractivity contribution in [2.75, 3.05) is 20.8 Å². The van der Waals surface area contributed by atoms with Crippen LogP contribution < -0.4 is 5.32 Å². The molecule has 1 aliphatic rings. The van der Waals surface area contributed by atoms with Gasteiger partial charge in [-0.2, -0.15) is 0 Å². The van der Waals surface area contributed by atoms with Gasteiger partial charge >= 0.3 is 5.97 Å². The van der Waals surface area contributed by atoms with Gasteiger partial charge in [-0.15, -0.1) is 0 Å². The van der Waals surface area contributed by atoms with Crippen LogP contribution >= 0.6 is 0 Å². The Bertz CT molecular complexity index is 227. The molecule has 0 aromatic carbocycles. The van der Waals surface area contributed by atoms with Crippen molar-refractivity contribution in [2.24, 2.45) is 0 Å². The predicted octanol–water partition coefficient (Wildman–Crippen LogP) is 0.707. The first-order valence-electron chi connectivity index (χ1n) is 4.87. The second kappa shape index (κ2) is 3.87. The molecule has 82 valence electrons. The van der Waals surface area contributed by atoms with E-state index in [-0.39, 0.29) is 11.6 Å². The molecule has 1 fully saturated rings. The first kappa shape index (κ1) is 11.5. The molecule has 0 bridgehead atoms. The summed E-state index contributed by atoms with van der Waals surface area (Å²) in [6.07, 6.45) is 1.31. The fourth-order valence-electron chi connectivity index (χ4n) is 2.05. The smallest absolute Gasteiger partial charge is 0.326 e. The van der Waals surface area contributed by atoms with Gasteiger partial charge in [0.05, 0.1) is 12.7 Å². The fourth-order valence-corrected chi connectivity index (χ4v) is 2.05. The molecule has 0 aromatic rings. The Kier molecular flexibility index (Phi) is 3.17. The van der Waals surface area contributed by atoms with Crippen molar-refractivity contribution in [3.63, 3.8) is 0 Å². The summed E-state index contributed by atoms with van der Waals surface area (Å²) in [7, 11) is 3.21. The molecule has 4 nitrogen and oxygen atoms in total. The molecule has 0 aliphatic carbocycles. The molecule has 1 aliphatic heterocycles. The van der Waals surface area contributed by atoms with E-state index in [2.05, 4.69) is 5.32 Å². The third-order valence-electron chi connectivity index (χ3n) is 2.80. The summed E-state index contributed by atoms with van der Waals surface area (Å²) in [5.41, 5.74) is -0.841. The van der Waals surface area contributed by atoms with E-state index in [0.717, 1.165) is 0 Å². The molecule has 1 saturated heterocycles. The van der Waals surface area contributed by atoms with Gasteiger partial charge < -0.3 is 14.8 Å². The van der Waals surface area contributed by atoms with Crippen LogP contribution in [0.25, 0.3) is 0 Å². The lowest BCUT2D eigenvalue weighted by atomic mass is 9.81. The van der Waals surface area contributed by atoms with E-state index in [1.807, 2.05) is 13.8 Å². The predicted molar refractivity (Wildman–Crippen MR) is 53.1 cm³/mol. The van der Waals surface area contributed by atoms with Crippen LogP contribution in [-0.4, -0.2) is 37.9 Å². The van der Waals surface area contributed by atoms with Gasteiger partial charge in [-0.05, 0) is 27.3 Å². The van der Waals surface area contributed by atoms with Crippen LogP contribution in [0.3, 0.4) is 0 Å². The lowest BCUT2D eigenvalue weighted by molar-refractivity contribution is -0.161. The topological polar surface area (TPSA) is 47.6 Å². The van der Waals surface area contributed by atoms with Gasteiger partial charge in [0.2, 0.25) is 0 Å². The zero-order valence-corrected chi connectivity index (χ0v) is 9.35. The third kappa shape index (κ3) is 2.07. The molecular formula is C10H19NO3. The highest BCUT2D eigenvalue weighted by Gasteiger charge is 2.46. The largest absolute Gasteiger partial charge is 0.468 e. The van der Waals surface area contributed by atoms with Crippen molar-refractivity contribution in [3.8, 4) is 0 Å². The molecule has 1 heterocycles. The van der Waals surface area contributed by atoms with Gasteiger partial charge in [0.25, 0.3) is 0 Å². The summed E-state index contributed by atoms with van der Waals surface area (Å²) in [6, 6.07) is 0. The summed E-state index contributed by atoms with van der Waals surface area (Å²) in [5, 5.41) is 3.07. The van der Waals surface area contributed by atoms with Crippen molar-refractivity contribution < 1.29 is 14.3 Å². The van der Waals surface area contributed by atoms with Crippen LogP contribution in [0, 0.1) is 0 Å². The van der Waals surface area contributed by atoms with E-state index in [1.165, 1.54) is 7.11 Å². The number of nitrogens with one attached hydrogen (secondary N) is 1. The zero-order valence-electron chi connectivity index (χ0n) is 9.35. The number of carbonyl (C=O) groups is 1. The van der Waals surface area contributed by atoms with Crippen LogP contribution in [-0.2, 0) is 14.3 Å². The van der Waals surface area contributed by atoms with Gasteiger partial charge in [-0.25, -0.2) is 0 Å². The molecule has 14 heavy (non-hydrogen) atoms. The number of esters is 1. The van der Waals surface area contributed by atoms with Crippen molar-refractivity contribution in [1.82, 2.24) is 5.32 Å². The maximum Gasteiger partial charge on any atom is 0.326 e. The Labute approximate surface area is 85.0 Å². The first-order valence-corrected chi connectivity index (χ1v) is 4.87. The molecule has 0 amide bonds. The van der Waals surface area contributed by atoms with Crippen LogP contribution in [0.15, 0.2) is 0 Å². The number of hydrogen-bond acceptors (Lipinski definition) is 4. The number of rotatable bonds is 2. The molecule has 0 spiro atoms. The van der Waals surface area contributed by atoms with E-state index in [9.17, 15) is 4.79 Å². The maximum atomic E-state index is 11.7. The number of carbonyl (C=O) groups excluding carboxylic acids is 1. The van der Waals surface area contributed by atoms with Crippen molar-refractivity contribution in [3.05, 3.63) is 0 Å². The van der Waals surface area contributed by atoms with E-state index in [4.69, 9.17) is 9.47 Å². The second-order valence-electron chi connectivity index (χ2n) is 4.36. The normalized spacial score (nSPS) is 31.1. The third-order valence-corrected chi connectivity index (χ3v) is 2.80. The molecule has 0 radical (unpaired) electrons. The highest BCUT2D eigenvalue weighted by molar-refractivity contribution is 5.81. The first-order chi connectivity index (χ1) is 6.46. The molecule has 1 unspecified atom stereocenters. The molecule has 1 N–H and O–H groups in total. The summed E-state index contributed by atoms with van der Waals surface area (Å²) >= 11 is 0. The van der Waals surface area contributed by atoms with Crippen LogP contribution in [0.5, 0.6) is 0 Å². The number of likely N-dealkylation sites (N-methyl/N-ethyl adjacent to an activating group) is 1. The minimum atomic E-state index is -0.573. The summed E-state index contributed by atoms with van der Waals surface area (Å²) < 4.78 is 10.4. The van der Waals surface area contributed by atoms with Gasteiger partial charge in [-0.3, -0.25) is 4.79 Å². The summed E-state index contributed by atoms with van der Waals surface area (Å²) in [6.45, 7) is 4.56. The minimum Gasteiger partial charge on any atom is -0.468 e. The standard InChI is InChI=1S/C10H19NO3/c1-9(2)7-10(11-3,5-6-14-9)8(12)13-4/h11H,5-7H2,1-4H3. The van der Waals surface area contributed by atoms with E-state index < -0.39 is 5.54 Å². The van der Waals surface area contributed by atoms with Gasteiger partial charge in [0.15, 0.2) is 0 Å². The SMILES string of the molecule is CNC1(C(=O)OC)CCOC(C)(C)C1. The van der Waals surface area contributed by atoms with Crippen molar-refractivity contribution in [2.45, 2.75) is 37.8 Å². The Hall–Kier alpha value is -0.610. The van der Waals surface area contributed by atoms with Crippen LogP contribution in [0.1, 0.15) is 26.7 Å². The average molecular weight is 201 g/mol. The van der Waals surface area contributed by atoms with E-state index >= 15 is 0 Å². The van der Waals surface area contributed by atoms with Crippen molar-refractivity contribution in [1.29, 1.82) is 0 Å². The summed E-state index contributed by atoms with van der Waals surface area (Å²) in [5.74, 6) is -0.198. The molecule has 1 rings (SSSR count). The number of ether oxygens (including phenoxy) is 2. The van der Waals surface area contributed by atoms with Gasteiger partial charge in [0.1, 0.15) is 5.54 Å². The van der Waals surface area contributed by atoms with Gasteiger partial charge in [0, 0.05) is 13.0 Å². The van der Waals surface area contributed by atoms with E-state index in [0.29, 0.717) is 19.4 Å². The number of methoxy groups -OCH3 is 1. The van der Waals surface area contributed by atoms with Crippen LogP contribution in [0.4, 0.5) is 0 Å². The second-order valence-corrected chi connectivity index (χ2v) is 4.36. The lowest BCUT2D eigenvalue weighted by Crippen LogP contribution is -2.58. The van der Waals surface area contributed by atoms with E-state index in [1.54, 1.807) is 7.05 Å². The summed E-state index contributed by atoms with van der Waals surface area (Å²) in [4.78, 5) is 11.7. The monoisotopic (exact) mass is 201 g/mol. The highest BCUT2D eigenvalue weighted by Crippen LogP contribution is 2.32. The lowest BCUT2D eigenvalue weighted by Gasteiger charge is -2.42. The van der Waals surface area contributed by atoms with Crippen molar-refractivity contribution >= 4 is 5.97 Å². The molecule has 4 heteroatoms.